The van der Waals surface area contributed by atoms with Crippen molar-refractivity contribution in [2.45, 2.75) is 20.0 Å². The van der Waals surface area contributed by atoms with E-state index in [1.54, 1.807) is 0 Å². The summed E-state index contributed by atoms with van der Waals surface area (Å²) < 4.78 is 3.99. The van der Waals surface area contributed by atoms with Crippen LogP contribution in [0.25, 0.3) is 10.9 Å². The number of aryl methyl sites for hydroxylation is 1. The summed E-state index contributed by atoms with van der Waals surface area (Å²) in [4.78, 5) is 0. The molecule has 92 valence electrons. The summed E-state index contributed by atoms with van der Waals surface area (Å²) in [6.45, 7) is 3.73. The minimum atomic E-state index is 0.724. The molecule has 0 bridgehead atoms. The van der Waals surface area contributed by atoms with E-state index in [-0.39, 0.29) is 0 Å². The van der Waals surface area contributed by atoms with E-state index in [0.29, 0.717) is 0 Å². The molecule has 3 rings (SSSR count). The standard InChI is InChI=1S/C14H16N4/c1-2-18-14-8-4-3-7-12(14)13(16-18)11-15-17-9-5-6-10-17/h3-10,15H,2,11H2,1H3. The average Bonchev–Trinajstić information content (AvgIpc) is 3.04. The lowest BCUT2D eigenvalue weighted by atomic mass is 10.2. The van der Waals surface area contributed by atoms with E-state index in [0.717, 1.165) is 18.8 Å². The van der Waals surface area contributed by atoms with Crippen LogP contribution < -0.4 is 5.43 Å². The van der Waals surface area contributed by atoms with Crippen molar-refractivity contribution in [3.8, 4) is 0 Å². The zero-order valence-electron chi connectivity index (χ0n) is 10.4. The predicted molar refractivity (Wildman–Crippen MR) is 72.9 cm³/mol. The highest BCUT2D eigenvalue weighted by Crippen LogP contribution is 2.18. The molecule has 18 heavy (non-hydrogen) atoms. The minimum Gasteiger partial charge on any atom is -0.320 e. The van der Waals surface area contributed by atoms with Crippen LogP contribution in [-0.4, -0.2) is 14.5 Å². The highest BCUT2D eigenvalue weighted by molar-refractivity contribution is 5.82. The summed E-state index contributed by atoms with van der Waals surface area (Å²) in [6.07, 6.45) is 3.97. The summed E-state index contributed by atoms with van der Waals surface area (Å²) in [5.74, 6) is 0. The molecule has 0 aliphatic rings. The summed E-state index contributed by atoms with van der Waals surface area (Å²) in [5.41, 5.74) is 5.59. The molecule has 0 fully saturated rings. The lowest BCUT2D eigenvalue weighted by Crippen LogP contribution is -2.12. The first-order chi connectivity index (χ1) is 8.88. The van der Waals surface area contributed by atoms with Gasteiger partial charge in [0.25, 0.3) is 0 Å². The van der Waals surface area contributed by atoms with Gasteiger partial charge in [0.2, 0.25) is 0 Å². The number of hydrogen-bond acceptors (Lipinski definition) is 2. The van der Waals surface area contributed by atoms with Gasteiger partial charge < -0.3 is 5.43 Å². The van der Waals surface area contributed by atoms with Crippen LogP contribution in [0.3, 0.4) is 0 Å². The van der Waals surface area contributed by atoms with Crippen LogP contribution in [0.2, 0.25) is 0 Å². The van der Waals surface area contributed by atoms with E-state index in [4.69, 9.17) is 0 Å². The normalized spacial score (nSPS) is 10.9. The molecular formula is C14H16N4. The Kier molecular flexibility index (Phi) is 2.76. The molecule has 2 heterocycles. The number of nitrogens with one attached hydrogen (secondary N) is 1. The van der Waals surface area contributed by atoms with E-state index < -0.39 is 0 Å². The van der Waals surface area contributed by atoms with Gasteiger partial charge in [0, 0.05) is 24.3 Å². The molecular weight excluding hydrogens is 224 g/mol. The molecule has 1 N–H and O–H groups in total. The summed E-state index contributed by atoms with van der Waals surface area (Å²) in [7, 11) is 0. The van der Waals surface area contributed by atoms with Crippen LogP contribution in [0, 0.1) is 0 Å². The first kappa shape index (κ1) is 10.9. The van der Waals surface area contributed by atoms with Gasteiger partial charge in [-0.25, -0.2) is 0 Å². The molecule has 0 radical (unpaired) electrons. The van der Waals surface area contributed by atoms with E-state index >= 15 is 0 Å². The Hall–Kier alpha value is -2.23. The molecule has 3 aromatic rings. The van der Waals surface area contributed by atoms with Crippen LogP contribution in [-0.2, 0) is 13.1 Å². The summed E-state index contributed by atoms with van der Waals surface area (Å²) in [5, 5.41) is 5.87. The van der Waals surface area contributed by atoms with Crippen LogP contribution >= 0.6 is 0 Å². The van der Waals surface area contributed by atoms with Crippen LogP contribution in [0.5, 0.6) is 0 Å². The second-order valence-corrected chi connectivity index (χ2v) is 4.20. The maximum absolute atomic E-state index is 4.65. The summed E-state index contributed by atoms with van der Waals surface area (Å²) in [6, 6.07) is 12.3. The van der Waals surface area contributed by atoms with Gasteiger partial charge in [0.05, 0.1) is 17.8 Å². The van der Waals surface area contributed by atoms with Gasteiger partial charge in [-0.2, -0.15) is 5.10 Å². The minimum absolute atomic E-state index is 0.724. The molecule has 0 saturated carbocycles. The van der Waals surface area contributed by atoms with Gasteiger partial charge >= 0.3 is 0 Å². The second kappa shape index (κ2) is 4.56. The Bertz CT molecular complexity index is 637. The monoisotopic (exact) mass is 240 g/mol. The van der Waals surface area contributed by atoms with Crippen molar-refractivity contribution in [2.75, 3.05) is 5.43 Å². The fourth-order valence-corrected chi connectivity index (χ4v) is 2.17. The predicted octanol–water partition coefficient (Wildman–Crippen LogP) is 2.60. The van der Waals surface area contributed by atoms with Gasteiger partial charge in [-0.15, -0.1) is 0 Å². The van der Waals surface area contributed by atoms with Crippen molar-refractivity contribution in [1.82, 2.24) is 14.5 Å². The molecule has 0 unspecified atom stereocenters. The number of nitrogens with zero attached hydrogens (tertiary/aromatic N) is 3. The topological polar surface area (TPSA) is 34.8 Å². The van der Waals surface area contributed by atoms with Crippen LogP contribution in [0.4, 0.5) is 0 Å². The molecule has 4 nitrogen and oxygen atoms in total. The Labute approximate surface area is 106 Å². The van der Waals surface area contributed by atoms with Crippen molar-refractivity contribution in [3.05, 3.63) is 54.5 Å². The largest absolute Gasteiger partial charge is 0.320 e. The van der Waals surface area contributed by atoms with E-state index in [1.165, 1.54) is 10.9 Å². The molecule has 0 spiro atoms. The van der Waals surface area contributed by atoms with E-state index in [1.807, 2.05) is 33.9 Å². The second-order valence-electron chi connectivity index (χ2n) is 4.20. The quantitative estimate of drug-likeness (QED) is 0.760. The molecule has 0 atom stereocenters. The Morgan fingerprint density at radius 2 is 1.89 bits per heavy atom. The fourth-order valence-electron chi connectivity index (χ4n) is 2.17. The number of para-hydroxylation sites is 1. The fraction of sp³-hybridized carbons (Fsp3) is 0.214. The molecule has 0 amide bonds. The third kappa shape index (κ3) is 1.86. The molecule has 2 aromatic heterocycles. The maximum atomic E-state index is 4.65. The average molecular weight is 240 g/mol. The van der Waals surface area contributed by atoms with E-state index in [9.17, 15) is 0 Å². The Morgan fingerprint density at radius 1 is 1.11 bits per heavy atom. The van der Waals surface area contributed by atoms with Crippen molar-refractivity contribution >= 4 is 10.9 Å². The Morgan fingerprint density at radius 3 is 2.67 bits per heavy atom. The zero-order valence-corrected chi connectivity index (χ0v) is 10.4. The lowest BCUT2D eigenvalue weighted by molar-refractivity contribution is 0.665. The van der Waals surface area contributed by atoms with Gasteiger partial charge in [-0.1, -0.05) is 18.2 Å². The molecule has 0 saturated heterocycles. The number of aromatic nitrogens is 3. The SMILES string of the molecule is CCn1nc(CNn2cccc2)c2ccccc21. The molecule has 0 aliphatic heterocycles. The van der Waals surface area contributed by atoms with Crippen LogP contribution in [0.15, 0.2) is 48.8 Å². The van der Waals surface area contributed by atoms with Gasteiger partial charge in [-0.05, 0) is 25.1 Å². The van der Waals surface area contributed by atoms with Crippen LogP contribution in [0.1, 0.15) is 12.6 Å². The van der Waals surface area contributed by atoms with Crippen molar-refractivity contribution in [1.29, 1.82) is 0 Å². The smallest absolute Gasteiger partial charge is 0.0910 e. The number of fused-ring (bicyclic) bond motifs is 1. The maximum Gasteiger partial charge on any atom is 0.0910 e. The number of rotatable bonds is 4. The highest BCUT2D eigenvalue weighted by Gasteiger charge is 2.08. The number of hydrogen-bond donors (Lipinski definition) is 1. The van der Waals surface area contributed by atoms with Crippen molar-refractivity contribution < 1.29 is 0 Å². The highest BCUT2D eigenvalue weighted by atomic mass is 15.4. The first-order valence-electron chi connectivity index (χ1n) is 6.20. The van der Waals surface area contributed by atoms with Crippen molar-refractivity contribution in [2.24, 2.45) is 0 Å². The third-order valence-electron chi connectivity index (χ3n) is 3.07. The molecule has 4 heteroatoms. The molecule has 0 aliphatic carbocycles. The number of benzene rings is 1. The van der Waals surface area contributed by atoms with Gasteiger partial charge in [0.1, 0.15) is 0 Å². The summed E-state index contributed by atoms with van der Waals surface area (Å²) >= 11 is 0. The zero-order chi connectivity index (χ0) is 12.4. The Balaban J connectivity index is 1.91. The van der Waals surface area contributed by atoms with Gasteiger partial charge in [-0.3, -0.25) is 9.36 Å². The lowest BCUT2D eigenvalue weighted by Gasteiger charge is -2.05. The van der Waals surface area contributed by atoms with E-state index in [2.05, 4.69) is 41.7 Å². The van der Waals surface area contributed by atoms with Crippen molar-refractivity contribution in [3.63, 3.8) is 0 Å². The third-order valence-corrected chi connectivity index (χ3v) is 3.07. The first-order valence-corrected chi connectivity index (χ1v) is 6.20. The van der Waals surface area contributed by atoms with Gasteiger partial charge in [0.15, 0.2) is 0 Å². The molecule has 1 aromatic carbocycles.